The fraction of sp³-hybridized carbons (Fsp3) is 0.450. The van der Waals surface area contributed by atoms with Crippen molar-refractivity contribution in [3.05, 3.63) is 41.4 Å². The third-order valence-electron chi connectivity index (χ3n) is 5.42. The predicted octanol–water partition coefficient (Wildman–Crippen LogP) is 3.90. The molecule has 0 radical (unpaired) electrons. The third kappa shape index (κ3) is 3.90. The lowest BCUT2D eigenvalue weighted by molar-refractivity contribution is -0.140. The maximum Gasteiger partial charge on any atom is 0.226 e. The molecule has 4 rings (SSSR count). The average Bonchev–Trinajstić information content (AvgIpc) is 2.63. The van der Waals surface area contributed by atoms with Crippen LogP contribution in [0.1, 0.15) is 26.2 Å². The largest absolute Gasteiger partial charge is 0.436 e. The molecule has 2 aromatic rings. The van der Waals surface area contributed by atoms with E-state index in [4.69, 9.17) is 16.3 Å². The smallest absolute Gasteiger partial charge is 0.226 e. The average molecular weight is 405 g/mol. The summed E-state index contributed by atoms with van der Waals surface area (Å²) in [7, 11) is 0. The number of piperazine rings is 1. The maximum atomic E-state index is 14.0. The van der Waals surface area contributed by atoms with Crippen molar-refractivity contribution in [1.82, 2.24) is 14.9 Å². The highest BCUT2D eigenvalue weighted by Crippen LogP contribution is 2.31. The van der Waals surface area contributed by atoms with Crippen LogP contribution in [0.15, 0.2) is 30.6 Å². The van der Waals surface area contributed by atoms with E-state index in [1.807, 2.05) is 4.90 Å². The number of benzene rings is 1. The van der Waals surface area contributed by atoms with Gasteiger partial charge < -0.3 is 14.5 Å². The molecule has 1 aromatic heterocycles. The minimum atomic E-state index is -0.551. The van der Waals surface area contributed by atoms with E-state index in [0.29, 0.717) is 30.5 Å². The molecule has 1 aromatic carbocycles. The van der Waals surface area contributed by atoms with Crippen LogP contribution in [0.5, 0.6) is 11.6 Å². The first-order valence-corrected chi connectivity index (χ1v) is 9.89. The van der Waals surface area contributed by atoms with Crippen LogP contribution in [0.25, 0.3) is 0 Å². The number of nitrogens with zero attached hydrogens (tertiary/aromatic N) is 4. The number of hydrogen-bond acceptors (Lipinski definition) is 5. The Morgan fingerprint density at radius 1 is 1.25 bits per heavy atom. The van der Waals surface area contributed by atoms with Crippen molar-refractivity contribution >= 4 is 23.3 Å². The standard InChI is InChI=1S/C20H22ClFN4O2/c1-13-11-25(7-8-26(13)20(27)14-3-2-4-14)18-10-19(24-12-23-18)28-17-6-5-15(21)9-16(17)22/h5-6,9-10,12-14H,2-4,7-8,11H2,1H3. The fourth-order valence-electron chi connectivity index (χ4n) is 3.61. The zero-order valence-corrected chi connectivity index (χ0v) is 16.4. The summed E-state index contributed by atoms with van der Waals surface area (Å²) in [5.74, 6) is 0.946. The zero-order chi connectivity index (χ0) is 19.7. The summed E-state index contributed by atoms with van der Waals surface area (Å²) < 4.78 is 19.5. The van der Waals surface area contributed by atoms with Gasteiger partial charge >= 0.3 is 0 Å². The van der Waals surface area contributed by atoms with Crippen LogP contribution in [0.4, 0.5) is 10.2 Å². The Morgan fingerprint density at radius 2 is 2.07 bits per heavy atom. The monoisotopic (exact) mass is 404 g/mol. The molecule has 1 atom stereocenters. The Kier molecular flexibility index (Phi) is 5.35. The van der Waals surface area contributed by atoms with Crippen molar-refractivity contribution in [3.8, 4) is 11.6 Å². The molecule has 1 saturated heterocycles. The molecule has 1 unspecified atom stereocenters. The molecule has 1 aliphatic carbocycles. The fourth-order valence-corrected chi connectivity index (χ4v) is 3.77. The molecule has 0 bridgehead atoms. The van der Waals surface area contributed by atoms with E-state index in [-0.39, 0.29) is 29.5 Å². The summed E-state index contributed by atoms with van der Waals surface area (Å²) in [6, 6.07) is 6.01. The molecule has 2 fully saturated rings. The van der Waals surface area contributed by atoms with Crippen LogP contribution in [-0.4, -0.2) is 46.5 Å². The van der Waals surface area contributed by atoms with Gasteiger partial charge in [-0.05, 0) is 38.0 Å². The van der Waals surface area contributed by atoms with Crippen LogP contribution in [-0.2, 0) is 4.79 Å². The Balaban J connectivity index is 1.44. The summed E-state index contributed by atoms with van der Waals surface area (Å²) in [5.41, 5.74) is 0. The van der Waals surface area contributed by atoms with Crippen molar-refractivity contribution < 1.29 is 13.9 Å². The van der Waals surface area contributed by atoms with Gasteiger partial charge in [0.25, 0.3) is 0 Å². The van der Waals surface area contributed by atoms with Gasteiger partial charge in [0.05, 0.1) is 0 Å². The number of ether oxygens (including phenoxy) is 1. The van der Waals surface area contributed by atoms with Crippen LogP contribution in [0, 0.1) is 11.7 Å². The van der Waals surface area contributed by atoms with Crippen LogP contribution in [0.2, 0.25) is 5.02 Å². The Labute approximate surface area is 168 Å². The maximum absolute atomic E-state index is 14.0. The minimum Gasteiger partial charge on any atom is -0.436 e. The molecule has 2 aliphatic rings. The third-order valence-corrected chi connectivity index (χ3v) is 5.66. The Morgan fingerprint density at radius 3 is 2.75 bits per heavy atom. The Bertz CT molecular complexity index is 877. The van der Waals surface area contributed by atoms with Gasteiger partial charge in [-0.1, -0.05) is 18.0 Å². The van der Waals surface area contributed by atoms with E-state index in [9.17, 15) is 9.18 Å². The van der Waals surface area contributed by atoms with Crippen molar-refractivity contribution in [3.63, 3.8) is 0 Å². The van der Waals surface area contributed by atoms with Gasteiger partial charge in [-0.15, -0.1) is 0 Å². The number of anilines is 1. The highest BCUT2D eigenvalue weighted by molar-refractivity contribution is 6.30. The van der Waals surface area contributed by atoms with Crippen molar-refractivity contribution in [2.45, 2.75) is 32.2 Å². The first kappa shape index (κ1) is 18.9. The molecule has 6 nitrogen and oxygen atoms in total. The number of carbonyl (C=O) groups excluding carboxylic acids is 1. The second kappa shape index (κ2) is 7.91. The first-order valence-electron chi connectivity index (χ1n) is 9.51. The van der Waals surface area contributed by atoms with Gasteiger partial charge in [-0.3, -0.25) is 4.79 Å². The number of amides is 1. The van der Waals surface area contributed by atoms with Gasteiger partial charge in [0, 0.05) is 42.7 Å². The van der Waals surface area contributed by atoms with Gasteiger partial charge in [0.15, 0.2) is 11.6 Å². The molecule has 1 aliphatic heterocycles. The summed E-state index contributed by atoms with van der Waals surface area (Å²) in [4.78, 5) is 25.0. The van der Waals surface area contributed by atoms with Gasteiger partial charge in [0.2, 0.25) is 11.8 Å². The highest BCUT2D eigenvalue weighted by Gasteiger charge is 2.34. The lowest BCUT2D eigenvalue weighted by atomic mass is 9.84. The molecule has 28 heavy (non-hydrogen) atoms. The van der Waals surface area contributed by atoms with Crippen LogP contribution < -0.4 is 9.64 Å². The summed E-state index contributed by atoms with van der Waals surface area (Å²) in [6.07, 6.45) is 4.58. The van der Waals surface area contributed by atoms with Crippen molar-refractivity contribution in [2.75, 3.05) is 24.5 Å². The molecular weight excluding hydrogens is 383 g/mol. The normalized spacial score (nSPS) is 20.0. The first-order chi connectivity index (χ1) is 13.5. The number of halogens is 2. The van der Waals surface area contributed by atoms with Crippen LogP contribution in [0.3, 0.4) is 0 Å². The molecular formula is C20H22ClFN4O2. The quantitative estimate of drug-likeness (QED) is 0.773. The molecule has 0 N–H and O–H groups in total. The van der Waals surface area contributed by atoms with E-state index >= 15 is 0 Å². The van der Waals surface area contributed by atoms with E-state index in [0.717, 1.165) is 19.3 Å². The lowest BCUT2D eigenvalue weighted by Gasteiger charge is -2.43. The molecule has 1 amide bonds. The molecule has 0 spiro atoms. The van der Waals surface area contributed by atoms with E-state index in [1.54, 1.807) is 12.1 Å². The van der Waals surface area contributed by atoms with E-state index < -0.39 is 5.82 Å². The molecule has 8 heteroatoms. The van der Waals surface area contributed by atoms with Crippen molar-refractivity contribution in [1.29, 1.82) is 0 Å². The number of rotatable bonds is 4. The molecule has 148 valence electrons. The predicted molar refractivity (Wildman–Crippen MR) is 104 cm³/mol. The van der Waals surface area contributed by atoms with Gasteiger partial charge in [0.1, 0.15) is 12.1 Å². The second-order valence-corrected chi connectivity index (χ2v) is 7.78. The van der Waals surface area contributed by atoms with Gasteiger partial charge in [-0.25, -0.2) is 14.4 Å². The highest BCUT2D eigenvalue weighted by atomic mass is 35.5. The topological polar surface area (TPSA) is 58.6 Å². The van der Waals surface area contributed by atoms with Crippen molar-refractivity contribution in [2.24, 2.45) is 5.92 Å². The summed E-state index contributed by atoms with van der Waals surface area (Å²) >= 11 is 5.77. The number of carbonyl (C=O) groups is 1. The molecule has 2 heterocycles. The lowest BCUT2D eigenvalue weighted by Crippen LogP contribution is -2.56. The van der Waals surface area contributed by atoms with Crippen LogP contribution >= 0.6 is 11.6 Å². The number of hydrogen-bond donors (Lipinski definition) is 0. The number of aromatic nitrogens is 2. The van der Waals surface area contributed by atoms with Gasteiger partial charge in [-0.2, -0.15) is 0 Å². The summed E-state index contributed by atoms with van der Waals surface area (Å²) in [5, 5.41) is 0.302. The molecule has 1 saturated carbocycles. The SMILES string of the molecule is CC1CN(c2cc(Oc3ccc(Cl)cc3F)ncn2)CCN1C(=O)C1CCC1. The minimum absolute atomic E-state index is 0.0540. The second-order valence-electron chi connectivity index (χ2n) is 7.35. The van der Waals surface area contributed by atoms with E-state index in [2.05, 4.69) is 21.8 Å². The van der Waals surface area contributed by atoms with E-state index in [1.165, 1.54) is 18.5 Å². The Hall–Kier alpha value is -2.41. The summed E-state index contributed by atoms with van der Waals surface area (Å²) in [6.45, 7) is 4.10. The zero-order valence-electron chi connectivity index (χ0n) is 15.6.